The molecular weight excluding hydrogens is 326 g/mol. The molecule has 2 N–H and O–H groups in total. The van der Waals surface area contributed by atoms with E-state index in [0.717, 1.165) is 36.1 Å². The lowest BCUT2D eigenvalue weighted by molar-refractivity contribution is -0.114. The van der Waals surface area contributed by atoms with Gasteiger partial charge >= 0.3 is 0 Å². The van der Waals surface area contributed by atoms with Gasteiger partial charge in [0.15, 0.2) is 0 Å². The van der Waals surface area contributed by atoms with Crippen LogP contribution in [0.4, 0.5) is 17.1 Å². The summed E-state index contributed by atoms with van der Waals surface area (Å²) in [4.78, 5) is 14.6. The number of rotatable bonds is 6. The predicted molar refractivity (Wildman–Crippen MR) is 107 cm³/mol. The van der Waals surface area contributed by atoms with Crippen LogP contribution in [0.2, 0.25) is 0 Å². The van der Waals surface area contributed by atoms with E-state index in [1.54, 1.807) is 7.11 Å². The first-order valence-electron chi connectivity index (χ1n) is 9.17. The molecule has 1 aliphatic heterocycles. The van der Waals surface area contributed by atoms with Crippen molar-refractivity contribution in [2.75, 3.05) is 42.3 Å². The maximum absolute atomic E-state index is 12.2. The molecule has 1 saturated heterocycles. The van der Waals surface area contributed by atoms with E-state index in [0.29, 0.717) is 0 Å². The summed E-state index contributed by atoms with van der Waals surface area (Å²) in [5.74, 6) is 1.46. The number of hydrogen-bond donors (Lipinski definition) is 2. The average Bonchev–Trinajstić information content (AvgIpc) is 2.68. The number of piperidine rings is 1. The van der Waals surface area contributed by atoms with Gasteiger partial charge in [0.05, 0.1) is 19.3 Å². The van der Waals surface area contributed by atoms with Crippen LogP contribution in [0.1, 0.15) is 19.8 Å². The van der Waals surface area contributed by atoms with Gasteiger partial charge in [-0.3, -0.25) is 4.79 Å². The summed E-state index contributed by atoms with van der Waals surface area (Å²) in [7, 11) is 1.62. The number of anilines is 3. The van der Waals surface area contributed by atoms with Crippen LogP contribution in [0.15, 0.2) is 48.5 Å². The SMILES string of the molecule is COc1ccccc1NCC(=O)Nc1ccc(N2CCC(C)CC2)cc1. The fourth-order valence-corrected chi connectivity index (χ4v) is 3.19. The van der Waals surface area contributed by atoms with Crippen molar-refractivity contribution in [1.82, 2.24) is 0 Å². The quantitative estimate of drug-likeness (QED) is 0.825. The van der Waals surface area contributed by atoms with E-state index >= 15 is 0 Å². The fraction of sp³-hybridized carbons (Fsp3) is 0.381. The van der Waals surface area contributed by atoms with Crippen molar-refractivity contribution in [3.8, 4) is 5.75 Å². The van der Waals surface area contributed by atoms with E-state index in [9.17, 15) is 4.79 Å². The van der Waals surface area contributed by atoms with Crippen LogP contribution in [0.3, 0.4) is 0 Å². The van der Waals surface area contributed by atoms with Gasteiger partial charge in [0.1, 0.15) is 5.75 Å². The molecule has 0 bridgehead atoms. The second-order valence-electron chi connectivity index (χ2n) is 6.82. The third kappa shape index (κ3) is 4.69. The number of methoxy groups -OCH3 is 1. The average molecular weight is 353 g/mol. The van der Waals surface area contributed by atoms with E-state index in [4.69, 9.17) is 4.74 Å². The molecule has 1 heterocycles. The van der Waals surface area contributed by atoms with Crippen molar-refractivity contribution in [2.24, 2.45) is 5.92 Å². The molecule has 138 valence electrons. The van der Waals surface area contributed by atoms with Gasteiger partial charge in [-0.15, -0.1) is 0 Å². The van der Waals surface area contributed by atoms with Crippen LogP contribution in [-0.4, -0.2) is 32.7 Å². The minimum atomic E-state index is -0.0875. The molecule has 2 aromatic rings. The first-order chi connectivity index (χ1) is 12.7. The molecule has 0 aliphatic carbocycles. The highest BCUT2D eigenvalue weighted by atomic mass is 16.5. The van der Waals surface area contributed by atoms with E-state index < -0.39 is 0 Å². The number of carbonyl (C=O) groups is 1. The smallest absolute Gasteiger partial charge is 0.243 e. The highest BCUT2D eigenvalue weighted by Crippen LogP contribution is 2.25. The van der Waals surface area contributed by atoms with E-state index in [1.807, 2.05) is 36.4 Å². The molecule has 1 fully saturated rings. The van der Waals surface area contributed by atoms with Gasteiger partial charge in [0.2, 0.25) is 5.91 Å². The molecule has 0 unspecified atom stereocenters. The van der Waals surface area contributed by atoms with Crippen LogP contribution < -0.4 is 20.3 Å². The highest BCUT2D eigenvalue weighted by molar-refractivity contribution is 5.94. The van der Waals surface area contributed by atoms with Crippen molar-refractivity contribution < 1.29 is 9.53 Å². The minimum absolute atomic E-state index is 0.0875. The van der Waals surface area contributed by atoms with E-state index in [-0.39, 0.29) is 12.5 Å². The summed E-state index contributed by atoms with van der Waals surface area (Å²) < 4.78 is 5.27. The van der Waals surface area contributed by atoms with Gasteiger partial charge in [0, 0.05) is 24.5 Å². The molecule has 26 heavy (non-hydrogen) atoms. The van der Waals surface area contributed by atoms with Gasteiger partial charge < -0.3 is 20.3 Å². The Bertz CT molecular complexity index is 722. The molecule has 0 atom stereocenters. The van der Waals surface area contributed by atoms with Crippen LogP contribution in [0.5, 0.6) is 5.75 Å². The predicted octanol–water partition coefficient (Wildman–Crippen LogP) is 3.98. The fourth-order valence-electron chi connectivity index (χ4n) is 3.19. The van der Waals surface area contributed by atoms with Crippen molar-refractivity contribution in [3.05, 3.63) is 48.5 Å². The molecule has 5 heteroatoms. The Labute approximate surface area is 155 Å². The normalized spacial score (nSPS) is 14.8. The molecule has 0 saturated carbocycles. The first-order valence-corrected chi connectivity index (χ1v) is 9.17. The maximum atomic E-state index is 12.2. The van der Waals surface area contributed by atoms with Gasteiger partial charge in [-0.05, 0) is 55.2 Å². The van der Waals surface area contributed by atoms with E-state index in [1.165, 1.54) is 18.5 Å². The Morgan fingerprint density at radius 2 is 1.81 bits per heavy atom. The van der Waals surface area contributed by atoms with Crippen LogP contribution >= 0.6 is 0 Å². The van der Waals surface area contributed by atoms with Crippen LogP contribution in [-0.2, 0) is 4.79 Å². The molecule has 3 rings (SSSR count). The zero-order valence-electron chi connectivity index (χ0n) is 15.5. The van der Waals surface area contributed by atoms with Crippen LogP contribution in [0, 0.1) is 5.92 Å². The monoisotopic (exact) mass is 353 g/mol. The zero-order valence-corrected chi connectivity index (χ0v) is 15.5. The Hall–Kier alpha value is -2.69. The topological polar surface area (TPSA) is 53.6 Å². The standard InChI is InChI=1S/C21H27N3O2/c1-16-11-13-24(14-12-16)18-9-7-17(8-10-18)23-21(25)15-22-19-5-3-4-6-20(19)26-2/h3-10,16,22H,11-15H2,1-2H3,(H,23,25). The Morgan fingerprint density at radius 3 is 2.50 bits per heavy atom. The summed E-state index contributed by atoms with van der Waals surface area (Å²) in [6, 6.07) is 15.7. The largest absolute Gasteiger partial charge is 0.495 e. The number of para-hydroxylation sites is 2. The zero-order chi connectivity index (χ0) is 18.4. The first kappa shape index (κ1) is 18.1. The number of nitrogens with zero attached hydrogens (tertiary/aromatic N) is 1. The molecule has 0 spiro atoms. The Balaban J connectivity index is 1.51. The van der Waals surface area contributed by atoms with Crippen LogP contribution in [0.25, 0.3) is 0 Å². The number of nitrogens with one attached hydrogen (secondary N) is 2. The lowest BCUT2D eigenvalue weighted by Gasteiger charge is -2.32. The lowest BCUT2D eigenvalue weighted by atomic mass is 9.99. The van der Waals surface area contributed by atoms with E-state index in [2.05, 4.69) is 34.6 Å². The maximum Gasteiger partial charge on any atom is 0.243 e. The molecule has 1 amide bonds. The molecule has 0 radical (unpaired) electrons. The van der Waals surface area contributed by atoms with Crippen molar-refractivity contribution in [2.45, 2.75) is 19.8 Å². The van der Waals surface area contributed by atoms with Crippen molar-refractivity contribution in [1.29, 1.82) is 0 Å². The molecular formula is C21H27N3O2. The summed E-state index contributed by atoms with van der Waals surface area (Å²) >= 11 is 0. The molecule has 5 nitrogen and oxygen atoms in total. The van der Waals surface area contributed by atoms with Gasteiger partial charge in [0.25, 0.3) is 0 Å². The molecule has 2 aromatic carbocycles. The van der Waals surface area contributed by atoms with Gasteiger partial charge in [-0.2, -0.15) is 0 Å². The minimum Gasteiger partial charge on any atom is -0.495 e. The molecule has 0 aromatic heterocycles. The lowest BCUT2D eigenvalue weighted by Crippen LogP contribution is -2.32. The third-order valence-electron chi connectivity index (χ3n) is 4.85. The van der Waals surface area contributed by atoms with Crippen molar-refractivity contribution in [3.63, 3.8) is 0 Å². The number of hydrogen-bond acceptors (Lipinski definition) is 4. The molecule has 1 aliphatic rings. The number of amides is 1. The summed E-state index contributed by atoms with van der Waals surface area (Å²) in [5.41, 5.74) is 2.84. The highest BCUT2D eigenvalue weighted by Gasteiger charge is 2.15. The van der Waals surface area contributed by atoms with Gasteiger partial charge in [-0.1, -0.05) is 19.1 Å². The second kappa shape index (κ2) is 8.61. The summed E-state index contributed by atoms with van der Waals surface area (Å²) in [6.07, 6.45) is 2.49. The Morgan fingerprint density at radius 1 is 1.12 bits per heavy atom. The second-order valence-corrected chi connectivity index (χ2v) is 6.82. The van der Waals surface area contributed by atoms with Gasteiger partial charge in [-0.25, -0.2) is 0 Å². The summed E-state index contributed by atoms with van der Waals surface area (Å²) in [5, 5.41) is 6.03. The third-order valence-corrected chi connectivity index (χ3v) is 4.85. The number of benzene rings is 2. The number of carbonyl (C=O) groups excluding carboxylic acids is 1. The summed E-state index contributed by atoms with van der Waals surface area (Å²) in [6.45, 7) is 4.71. The number of ether oxygens (including phenoxy) is 1. The Kier molecular flexibility index (Phi) is 6.00. The van der Waals surface area contributed by atoms with Crippen molar-refractivity contribution >= 4 is 23.0 Å².